The van der Waals surface area contributed by atoms with Gasteiger partial charge in [0.15, 0.2) is 0 Å². The Hall–Kier alpha value is -1.91. The second kappa shape index (κ2) is 5.74. The van der Waals surface area contributed by atoms with E-state index in [4.69, 9.17) is 4.74 Å². The molecular weight excluding hydrogens is 201 g/mol. The fourth-order valence-electron chi connectivity index (χ4n) is 0.907. The van der Waals surface area contributed by atoms with Crippen molar-refractivity contribution in [1.82, 2.24) is 5.32 Å². The van der Waals surface area contributed by atoms with Crippen molar-refractivity contribution >= 4 is 12.4 Å². The quantitative estimate of drug-likeness (QED) is 0.606. The van der Waals surface area contributed by atoms with E-state index in [2.05, 4.69) is 5.32 Å². The van der Waals surface area contributed by atoms with Crippen LogP contribution in [0.2, 0.25) is 0 Å². The molecule has 1 rings (SSSR count). The average molecular weight is 211 g/mol. The maximum absolute atomic E-state index is 12.7. The standard InChI is InChI=1S/C10H10FNO3/c11-8-3-1-4-9(7-8)15-10(14)12-5-2-6-13/h1,3-4,6-7H,2,5H2,(H,12,14). The molecule has 0 bridgehead atoms. The van der Waals surface area contributed by atoms with Crippen LogP contribution in [-0.4, -0.2) is 18.9 Å². The smallest absolute Gasteiger partial charge is 0.410 e. The van der Waals surface area contributed by atoms with Crippen LogP contribution in [0, 0.1) is 5.82 Å². The van der Waals surface area contributed by atoms with E-state index in [0.717, 1.165) is 6.07 Å². The van der Waals surface area contributed by atoms with E-state index in [9.17, 15) is 14.0 Å². The Balaban J connectivity index is 2.40. The summed E-state index contributed by atoms with van der Waals surface area (Å²) in [5.74, 6) is -0.355. The predicted octanol–water partition coefficient (Wildman–Crippen LogP) is 1.50. The van der Waals surface area contributed by atoms with Crippen molar-refractivity contribution in [1.29, 1.82) is 0 Å². The molecule has 0 aliphatic rings. The third kappa shape index (κ3) is 4.21. The zero-order valence-electron chi connectivity index (χ0n) is 7.90. The second-order valence-electron chi connectivity index (χ2n) is 2.73. The lowest BCUT2D eigenvalue weighted by molar-refractivity contribution is -0.107. The molecule has 0 heterocycles. The van der Waals surface area contributed by atoms with Gasteiger partial charge in [0.1, 0.15) is 17.9 Å². The fraction of sp³-hybridized carbons (Fsp3) is 0.200. The fourth-order valence-corrected chi connectivity index (χ4v) is 0.907. The normalized spacial score (nSPS) is 9.40. The summed E-state index contributed by atoms with van der Waals surface area (Å²) in [4.78, 5) is 21.0. The van der Waals surface area contributed by atoms with E-state index >= 15 is 0 Å². The predicted molar refractivity (Wildman–Crippen MR) is 51.1 cm³/mol. The van der Waals surface area contributed by atoms with Gasteiger partial charge in [-0.05, 0) is 12.1 Å². The number of ether oxygens (including phenoxy) is 1. The minimum Gasteiger partial charge on any atom is -0.410 e. The number of halogens is 1. The van der Waals surface area contributed by atoms with Crippen LogP contribution in [0.25, 0.3) is 0 Å². The van der Waals surface area contributed by atoms with Crippen LogP contribution in [0.5, 0.6) is 5.75 Å². The lowest BCUT2D eigenvalue weighted by Crippen LogP contribution is -2.27. The molecule has 0 aliphatic carbocycles. The molecule has 0 saturated carbocycles. The maximum atomic E-state index is 12.7. The summed E-state index contributed by atoms with van der Waals surface area (Å²) < 4.78 is 17.4. The minimum absolute atomic E-state index is 0.124. The number of aldehydes is 1. The SMILES string of the molecule is O=CCCNC(=O)Oc1cccc(F)c1. The first kappa shape index (κ1) is 11.2. The summed E-state index contributed by atoms with van der Waals surface area (Å²) in [7, 11) is 0. The minimum atomic E-state index is -0.706. The van der Waals surface area contributed by atoms with Crippen molar-refractivity contribution in [3.63, 3.8) is 0 Å². The molecule has 4 nitrogen and oxygen atoms in total. The molecule has 1 aromatic rings. The highest BCUT2D eigenvalue weighted by molar-refractivity contribution is 5.70. The summed E-state index contributed by atoms with van der Waals surface area (Å²) >= 11 is 0. The molecule has 0 atom stereocenters. The molecule has 80 valence electrons. The van der Waals surface area contributed by atoms with E-state index in [1.807, 2.05) is 0 Å². The highest BCUT2D eigenvalue weighted by atomic mass is 19.1. The van der Waals surface area contributed by atoms with Gasteiger partial charge >= 0.3 is 6.09 Å². The Morgan fingerprint density at radius 1 is 1.53 bits per heavy atom. The third-order valence-electron chi connectivity index (χ3n) is 1.54. The molecule has 1 amide bonds. The number of nitrogens with one attached hydrogen (secondary N) is 1. The highest BCUT2D eigenvalue weighted by Gasteiger charge is 2.03. The highest BCUT2D eigenvalue weighted by Crippen LogP contribution is 2.11. The van der Waals surface area contributed by atoms with Crippen molar-refractivity contribution in [2.75, 3.05) is 6.54 Å². The van der Waals surface area contributed by atoms with E-state index in [1.54, 1.807) is 0 Å². The molecule has 5 heteroatoms. The molecule has 0 aromatic heterocycles. The van der Waals surface area contributed by atoms with Gasteiger partial charge in [-0.3, -0.25) is 0 Å². The maximum Gasteiger partial charge on any atom is 0.412 e. The Bertz CT molecular complexity index is 354. The van der Waals surface area contributed by atoms with Crippen molar-refractivity contribution in [3.05, 3.63) is 30.1 Å². The van der Waals surface area contributed by atoms with Gasteiger partial charge in [-0.25, -0.2) is 9.18 Å². The molecular formula is C10H10FNO3. The first-order valence-electron chi connectivity index (χ1n) is 4.37. The number of amides is 1. The number of benzene rings is 1. The molecule has 0 spiro atoms. The zero-order chi connectivity index (χ0) is 11.1. The van der Waals surface area contributed by atoms with Crippen LogP contribution in [0.15, 0.2) is 24.3 Å². The van der Waals surface area contributed by atoms with Crippen molar-refractivity contribution in [2.24, 2.45) is 0 Å². The monoisotopic (exact) mass is 211 g/mol. The van der Waals surface area contributed by atoms with Crippen LogP contribution >= 0.6 is 0 Å². The summed E-state index contributed by atoms with van der Waals surface area (Å²) in [6, 6.07) is 5.24. The van der Waals surface area contributed by atoms with E-state index in [0.29, 0.717) is 6.29 Å². The van der Waals surface area contributed by atoms with Crippen molar-refractivity contribution in [2.45, 2.75) is 6.42 Å². The van der Waals surface area contributed by atoms with Crippen LogP contribution in [0.4, 0.5) is 9.18 Å². The summed E-state index contributed by atoms with van der Waals surface area (Å²) in [6.07, 6.45) is 0.197. The van der Waals surface area contributed by atoms with Crippen LogP contribution in [-0.2, 0) is 4.79 Å². The topological polar surface area (TPSA) is 55.4 Å². The number of carbonyl (C=O) groups is 2. The molecule has 0 aliphatic heterocycles. The van der Waals surface area contributed by atoms with Crippen LogP contribution in [0.3, 0.4) is 0 Å². The van der Waals surface area contributed by atoms with Crippen molar-refractivity contribution < 1.29 is 18.7 Å². The molecule has 0 fully saturated rings. The van der Waals surface area contributed by atoms with Gasteiger partial charge in [-0.2, -0.15) is 0 Å². The number of hydrogen-bond donors (Lipinski definition) is 1. The lowest BCUT2D eigenvalue weighted by atomic mass is 10.3. The van der Waals surface area contributed by atoms with Gasteiger partial charge < -0.3 is 14.8 Å². The third-order valence-corrected chi connectivity index (χ3v) is 1.54. The van der Waals surface area contributed by atoms with Gasteiger partial charge in [0.2, 0.25) is 0 Å². The molecule has 0 saturated heterocycles. The van der Waals surface area contributed by atoms with E-state index < -0.39 is 11.9 Å². The Labute approximate surface area is 86.0 Å². The zero-order valence-corrected chi connectivity index (χ0v) is 7.90. The molecule has 0 radical (unpaired) electrons. The Morgan fingerprint density at radius 2 is 2.33 bits per heavy atom. The van der Waals surface area contributed by atoms with Gasteiger partial charge in [0.25, 0.3) is 0 Å². The van der Waals surface area contributed by atoms with E-state index in [-0.39, 0.29) is 18.7 Å². The molecule has 15 heavy (non-hydrogen) atoms. The first-order valence-corrected chi connectivity index (χ1v) is 4.37. The van der Waals surface area contributed by atoms with Crippen molar-refractivity contribution in [3.8, 4) is 5.75 Å². The van der Waals surface area contributed by atoms with Gasteiger partial charge in [-0.15, -0.1) is 0 Å². The number of rotatable bonds is 4. The summed E-state index contributed by atoms with van der Waals surface area (Å²) in [6.45, 7) is 0.206. The molecule has 1 aromatic carbocycles. The molecule has 1 N–H and O–H groups in total. The average Bonchev–Trinajstić information content (AvgIpc) is 2.18. The Kier molecular flexibility index (Phi) is 4.28. The largest absolute Gasteiger partial charge is 0.412 e. The first-order chi connectivity index (χ1) is 7.22. The van der Waals surface area contributed by atoms with Crippen LogP contribution < -0.4 is 10.1 Å². The molecule has 0 unspecified atom stereocenters. The Morgan fingerprint density at radius 3 is 3.00 bits per heavy atom. The van der Waals surface area contributed by atoms with E-state index in [1.165, 1.54) is 18.2 Å². The van der Waals surface area contributed by atoms with Gasteiger partial charge in [0.05, 0.1) is 0 Å². The summed E-state index contributed by atoms with van der Waals surface area (Å²) in [5, 5.41) is 2.34. The lowest BCUT2D eigenvalue weighted by Gasteiger charge is -2.04. The number of carbonyl (C=O) groups excluding carboxylic acids is 2. The van der Waals surface area contributed by atoms with Gasteiger partial charge in [0, 0.05) is 19.0 Å². The van der Waals surface area contributed by atoms with Crippen LogP contribution in [0.1, 0.15) is 6.42 Å². The number of hydrogen-bond acceptors (Lipinski definition) is 3. The second-order valence-corrected chi connectivity index (χ2v) is 2.73. The van der Waals surface area contributed by atoms with Gasteiger partial charge in [-0.1, -0.05) is 6.07 Å². The summed E-state index contributed by atoms with van der Waals surface area (Å²) in [5.41, 5.74) is 0.